The molecule has 1 aromatic heterocycles. The largest absolute Gasteiger partial charge is 0.497 e. The van der Waals surface area contributed by atoms with Crippen molar-refractivity contribution < 1.29 is 14.3 Å². The van der Waals surface area contributed by atoms with E-state index in [0.29, 0.717) is 17.1 Å². The first kappa shape index (κ1) is 14.0. The van der Waals surface area contributed by atoms with E-state index in [1.54, 1.807) is 32.4 Å². The molecule has 0 radical (unpaired) electrons. The molecule has 2 aromatic carbocycles. The zero-order chi connectivity index (χ0) is 15.5. The first-order valence-electron chi connectivity index (χ1n) is 6.81. The van der Waals surface area contributed by atoms with Crippen molar-refractivity contribution in [1.29, 1.82) is 0 Å². The fourth-order valence-electron chi connectivity index (χ4n) is 2.27. The lowest BCUT2D eigenvalue weighted by Crippen LogP contribution is -2.12. The van der Waals surface area contributed by atoms with Gasteiger partial charge in [-0.2, -0.15) is 0 Å². The normalized spacial score (nSPS) is 10.5. The van der Waals surface area contributed by atoms with E-state index in [1.807, 2.05) is 30.5 Å². The molecule has 0 unspecified atom stereocenters. The number of H-pyrrole nitrogens is 1. The van der Waals surface area contributed by atoms with Crippen LogP contribution in [0.3, 0.4) is 0 Å². The summed E-state index contributed by atoms with van der Waals surface area (Å²) < 4.78 is 10.4. The summed E-state index contributed by atoms with van der Waals surface area (Å²) >= 11 is 0. The minimum atomic E-state index is -0.219. The molecular weight excluding hydrogens is 280 g/mol. The van der Waals surface area contributed by atoms with Crippen LogP contribution in [0.4, 0.5) is 5.69 Å². The van der Waals surface area contributed by atoms with Crippen molar-refractivity contribution in [1.82, 2.24) is 4.98 Å². The minimum Gasteiger partial charge on any atom is -0.497 e. The van der Waals surface area contributed by atoms with Gasteiger partial charge >= 0.3 is 0 Å². The van der Waals surface area contributed by atoms with E-state index in [4.69, 9.17) is 9.47 Å². The number of aromatic nitrogens is 1. The van der Waals surface area contributed by atoms with Crippen molar-refractivity contribution in [3.63, 3.8) is 0 Å². The van der Waals surface area contributed by atoms with Crippen LogP contribution in [0.1, 0.15) is 10.4 Å². The predicted octanol–water partition coefficient (Wildman–Crippen LogP) is 3.44. The van der Waals surface area contributed by atoms with Crippen molar-refractivity contribution in [2.75, 3.05) is 19.5 Å². The lowest BCUT2D eigenvalue weighted by atomic mass is 10.1. The van der Waals surface area contributed by atoms with E-state index in [0.717, 1.165) is 16.6 Å². The lowest BCUT2D eigenvalue weighted by Gasteiger charge is -2.09. The number of carbonyl (C=O) groups excluding carboxylic acids is 1. The second kappa shape index (κ2) is 5.81. The number of methoxy groups -OCH3 is 2. The highest BCUT2D eigenvalue weighted by molar-refractivity contribution is 6.05. The zero-order valence-electron chi connectivity index (χ0n) is 12.3. The summed E-state index contributed by atoms with van der Waals surface area (Å²) in [5.74, 6) is 0.928. The average Bonchev–Trinajstić information content (AvgIpc) is 3.01. The third-order valence-electron chi connectivity index (χ3n) is 3.43. The standard InChI is InChI=1S/C17H16N2O3/c1-21-14-7-12(8-15(10-14)22-2)17(20)19-13-4-3-11-5-6-18-16(11)9-13/h3-10,18H,1-2H3,(H,19,20). The van der Waals surface area contributed by atoms with Crippen molar-refractivity contribution in [2.45, 2.75) is 0 Å². The molecule has 2 N–H and O–H groups in total. The van der Waals surface area contributed by atoms with E-state index in [1.165, 1.54) is 0 Å². The molecule has 3 rings (SSSR count). The number of anilines is 1. The van der Waals surface area contributed by atoms with E-state index in [-0.39, 0.29) is 5.91 Å². The van der Waals surface area contributed by atoms with Crippen LogP contribution in [0.5, 0.6) is 11.5 Å². The minimum absolute atomic E-state index is 0.219. The average molecular weight is 296 g/mol. The number of rotatable bonds is 4. The van der Waals surface area contributed by atoms with Crippen LogP contribution in [0.15, 0.2) is 48.7 Å². The molecule has 3 aromatic rings. The fraction of sp³-hybridized carbons (Fsp3) is 0.118. The van der Waals surface area contributed by atoms with Crippen LogP contribution in [-0.4, -0.2) is 25.1 Å². The van der Waals surface area contributed by atoms with Gasteiger partial charge in [0, 0.05) is 29.0 Å². The Balaban J connectivity index is 1.87. The Hall–Kier alpha value is -2.95. The maximum atomic E-state index is 12.4. The second-order valence-corrected chi connectivity index (χ2v) is 4.84. The van der Waals surface area contributed by atoms with Gasteiger partial charge in [-0.25, -0.2) is 0 Å². The van der Waals surface area contributed by atoms with Crippen LogP contribution in [-0.2, 0) is 0 Å². The summed E-state index contributed by atoms with van der Waals surface area (Å²) in [4.78, 5) is 15.5. The van der Waals surface area contributed by atoms with Gasteiger partial charge < -0.3 is 19.8 Å². The maximum absolute atomic E-state index is 12.4. The predicted molar refractivity (Wildman–Crippen MR) is 85.8 cm³/mol. The molecule has 0 saturated heterocycles. The van der Waals surface area contributed by atoms with Gasteiger partial charge in [0.25, 0.3) is 5.91 Å². The molecule has 0 aliphatic heterocycles. The summed E-state index contributed by atoms with van der Waals surface area (Å²) in [5.41, 5.74) is 2.17. The third-order valence-corrected chi connectivity index (χ3v) is 3.43. The second-order valence-electron chi connectivity index (χ2n) is 4.84. The zero-order valence-corrected chi connectivity index (χ0v) is 12.3. The topological polar surface area (TPSA) is 63.4 Å². The molecule has 0 spiro atoms. The Morgan fingerprint density at radius 1 is 1.00 bits per heavy atom. The molecule has 5 heteroatoms. The number of carbonyl (C=O) groups is 1. The molecule has 0 saturated carbocycles. The van der Waals surface area contributed by atoms with Gasteiger partial charge in [0.1, 0.15) is 11.5 Å². The van der Waals surface area contributed by atoms with Gasteiger partial charge in [-0.05, 0) is 35.7 Å². The van der Waals surface area contributed by atoms with Crippen molar-refractivity contribution in [3.8, 4) is 11.5 Å². The number of hydrogen-bond donors (Lipinski definition) is 2. The summed E-state index contributed by atoms with van der Waals surface area (Å²) in [5, 5.41) is 3.97. The van der Waals surface area contributed by atoms with E-state index >= 15 is 0 Å². The first-order valence-corrected chi connectivity index (χ1v) is 6.81. The summed E-state index contributed by atoms with van der Waals surface area (Å²) in [7, 11) is 3.10. The number of fused-ring (bicyclic) bond motifs is 1. The highest BCUT2D eigenvalue weighted by Gasteiger charge is 2.10. The first-order chi connectivity index (χ1) is 10.7. The molecule has 1 heterocycles. The van der Waals surface area contributed by atoms with Gasteiger partial charge in [-0.3, -0.25) is 4.79 Å². The van der Waals surface area contributed by atoms with Crippen molar-refractivity contribution in [3.05, 3.63) is 54.2 Å². The number of ether oxygens (including phenoxy) is 2. The number of benzene rings is 2. The van der Waals surface area contributed by atoms with E-state index in [9.17, 15) is 4.79 Å². The Morgan fingerprint density at radius 3 is 2.41 bits per heavy atom. The smallest absolute Gasteiger partial charge is 0.255 e. The third kappa shape index (κ3) is 2.74. The molecule has 0 bridgehead atoms. The van der Waals surface area contributed by atoms with E-state index in [2.05, 4.69) is 10.3 Å². The van der Waals surface area contributed by atoms with Crippen LogP contribution in [0.2, 0.25) is 0 Å². The molecule has 5 nitrogen and oxygen atoms in total. The number of hydrogen-bond acceptors (Lipinski definition) is 3. The molecule has 0 atom stereocenters. The summed E-state index contributed by atoms with van der Waals surface area (Å²) in [6, 6.07) is 12.8. The highest BCUT2D eigenvalue weighted by atomic mass is 16.5. The number of amides is 1. The number of nitrogens with one attached hydrogen (secondary N) is 2. The number of aromatic amines is 1. The van der Waals surface area contributed by atoms with Crippen LogP contribution in [0, 0.1) is 0 Å². The van der Waals surface area contributed by atoms with Gasteiger partial charge in [0.15, 0.2) is 0 Å². The van der Waals surface area contributed by atoms with Gasteiger partial charge in [0.2, 0.25) is 0 Å². The SMILES string of the molecule is COc1cc(OC)cc(C(=O)Nc2ccc3cc[nH]c3c2)c1. The van der Waals surface area contributed by atoms with Crippen molar-refractivity contribution in [2.24, 2.45) is 0 Å². The molecule has 1 amide bonds. The van der Waals surface area contributed by atoms with Gasteiger partial charge in [-0.15, -0.1) is 0 Å². The Morgan fingerprint density at radius 2 is 1.73 bits per heavy atom. The molecule has 22 heavy (non-hydrogen) atoms. The van der Waals surface area contributed by atoms with Gasteiger partial charge in [0.05, 0.1) is 14.2 Å². The van der Waals surface area contributed by atoms with Crippen LogP contribution < -0.4 is 14.8 Å². The summed E-state index contributed by atoms with van der Waals surface area (Å²) in [6.45, 7) is 0. The summed E-state index contributed by atoms with van der Waals surface area (Å²) in [6.07, 6.45) is 1.86. The Bertz CT molecular complexity index is 801. The molecule has 0 aliphatic carbocycles. The Kier molecular flexibility index (Phi) is 3.70. The molecule has 112 valence electrons. The van der Waals surface area contributed by atoms with Crippen LogP contribution >= 0.6 is 0 Å². The molecule has 0 aliphatic rings. The van der Waals surface area contributed by atoms with Gasteiger partial charge in [-0.1, -0.05) is 6.07 Å². The molecule has 0 fully saturated rings. The van der Waals surface area contributed by atoms with Crippen molar-refractivity contribution >= 4 is 22.5 Å². The molecular formula is C17H16N2O3. The van der Waals surface area contributed by atoms with Crippen LogP contribution in [0.25, 0.3) is 10.9 Å². The highest BCUT2D eigenvalue weighted by Crippen LogP contribution is 2.24. The lowest BCUT2D eigenvalue weighted by molar-refractivity contribution is 0.102. The fourth-order valence-corrected chi connectivity index (χ4v) is 2.27. The Labute approximate surface area is 127 Å². The maximum Gasteiger partial charge on any atom is 0.255 e. The van der Waals surface area contributed by atoms with E-state index < -0.39 is 0 Å². The quantitative estimate of drug-likeness (QED) is 0.775. The monoisotopic (exact) mass is 296 g/mol.